The second-order valence-corrected chi connectivity index (χ2v) is 8.45. The van der Waals surface area contributed by atoms with E-state index in [1.165, 1.54) is 12.7 Å². The average Bonchev–Trinajstić information content (AvgIpc) is 2.75. The van der Waals surface area contributed by atoms with E-state index in [1.807, 2.05) is 6.92 Å². The van der Waals surface area contributed by atoms with Crippen LogP contribution in [0, 0.1) is 5.92 Å². The minimum Gasteiger partial charge on any atom is -0.390 e. The Balaban J connectivity index is 1.93. The molecular formula is C14H28N2O3S. The molecule has 1 saturated carbocycles. The summed E-state index contributed by atoms with van der Waals surface area (Å²) < 4.78 is 24.8. The highest BCUT2D eigenvalue weighted by Crippen LogP contribution is 2.40. The first-order chi connectivity index (χ1) is 9.30. The van der Waals surface area contributed by atoms with Gasteiger partial charge in [-0.05, 0) is 39.2 Å². The zero-order chi connectivity index (χ0) is 14.8. The molecule has 1 aliphatic heterocycles. The van der Waals surface area contributed by atoms with Gasteiger partial charge in [-0.25, -0.2) is 13.1 Å². The first-order valence-electron chi connectivity index (χ1n) is 7.71. The Hall–Kier alpha value is -0.170. The molecule has 0 aromatic rings. The number of aliphatic hydroxyl groups is 1. The van der Waals surface area contributed by atoms with Crippen molar-refractivity contribution in [1.82, 2.24) is 9.62 Å². The number of sulfonamides is 1. The van der Waals surface area contributed by atoms with Crippen molar-refractivity contribution in [3.8, 4) is 0 Å². The third-order valence-electron chi connectivity index (χ3n) is 4.89. The van der Waals surface area contributed by atoms with E-state index in [9.17, 15) is 13.5 Å². The molecule has 0 bridgehead atoms. The maximum Gasteiger partial charge on any atom is 0.208 e. The van der Waals surface area contributed by atoms with Crippen LogP contribution in [0.25, 0.3) is 0 Å². The zero-order valence-electron chi connectivity index (χ0n) is 12.6. The Bertz CT molecular complexity index is 422. The Morgan fingerprint density at radius 3 is 2.70 bits per heavy atom. The highest BCUT2D eigenvalue weighted by Gasteiger charge is 2.42. The monoisotopic (exact) mass is 304 g/mol. The van der Waals surface area contributed by atoms with Crippen LogP contribution in [0.2, 0.25) is 0 Å². The Labute approximate surface area is 122 Å². The van der Waals surface area contributed by atoms with E-state index in [-0.39, 0.29) is 0 Å². The number of nitrogens with one attached hydrogen (secondary N) is 1. The molecule has 5 nitrogen and oxygen atoms in total. The third kappa shape index (κ3) is 4.16. The fraction of sp³-hybridized carbons (Fsp3) is 1.00. The molecule has 1 saturated heterocycles. The fourth-order valence-electron chi connectivity index (χ4n) is 3.91. The third-order valence-corrected chi connectivity index (χ3v) is 5.62. The summed E-state index contributed by atoms with van der Waals surface area (Å²) in [5.41, 5.74) is -0.560. The minimum atomic E-state index is -3.11. The number of rotatable bonds is 5. The van der Waals surface area contributed by atoms with Crippen LogP contribution < -0.4 is 4.72 Å². The molecule has 3 unspecified atom stereocenters. The van der Waals surface area contributed by atoms with Gasteiger partial charge in [0.15, 0.2) is 0 Å². The predicted octanol–water partition coefficient (Wildman–Crippen LogP) is 0.941. The van der Waals surface area contributed by atoms with Crippen LogP contribution in [-0.4, -0.2) is 56.0 Å². The van der Waals surface area contributed by atoms with Gasteiger partial charge in [0.25, 0.3) is 0 Å². The van der Waals surface area contributed by atoms with Crippen molar-refractivity contribution in [2.45, 2.75) is 57.1 Å². The molecule has 2 rings (SSSR count). The number of likely N-dealkylation sites (tertiary alicyclic amines) is 1. The van der Waals surface area contributed by atoms with Gasteiger partial charge in [0, 0.05) is 25.0 Å². The van der Waals surface area contributed by atoms with Crippen molar-refractivity contribution in [1.29, 1.82) is 0 Å². The molecule has 1 heterocycles. The van der Waals surface area contributed by atoms with E-state index in [2.05, 4.69) is 9.62 Å². The largest absolute Gasteiger partial charge is 0.390 e. The van der Waals surface area contributed by atoms with Crippen LogP contribution >= 0.6 is 0 Å². The van der Waals surface area contributed by atoms with Gasteiger partial charge in [-0.3, -0.25) is 4.90 Å². The van der Waals surface area contributed by atoms with Crippen molar-refractivity contribution < 1.29 is 13.5 Å². The summed E-state index contributed by atoms with van der Waals surface area (Å²) in [5, 5.41) is 10.6. The lowest BCUT2D eigenvalue weighted by atomic mass is 9.72. The van der Waals surface area contributed by atoms with Gasteiger partial charge in [0.05, 0.1) is 11.9 Å². The normalized spacial score (nSPS) is 36.4. The molecule has 0 aromatic carbocycles. The fourth-order valence-corrected chi connectivity index (χ4v) is 4.37. The second-order valence-electron chi connectivity index (χ2n) is 6.62. The van der Waals surface area contributed by atoms with Crippen molar-refractivity contribution in [2.75, 3.05) is 25.9 Å². The van der Waals surface area contributed by atoms with E-state index in [0.29, 0.717) is 18.5 Å². The maximum absolute atomic E-state index is 11.1. The highest BCUT2D eigenvalue weighted by molar-refractivity contribution is 7.88. The van der Waals surface area contributed by atoms with Crippen molar-refractivity contribution in [3.63, 3.8) is 0 Å². The Morgan fingerprint density at radius 2 is 2.05 bits per heavy atom. The molecule has 0 aromatic heterocycles. The van der Waals surface area contributed by atoms with E-state index >= 15 is 0 Å². The molecular weight excluding hydrogens is 276 g/mol. The molecule has 2 N–H and O–H groups in total. The van der Waals surface area contributed by atoms with Gasteiger partial charge in [0.2, 0.25) is 10.0 Å². The molecule has 0 radical (unpaired) electrons. The minimum absolute atomic E-state index is 0.331. The molecule has 1 aliphatic carbocycles. The van der Waals surface area contributed by atoms with Gasteiger partial charge < -0.3 is 5.11 Å². The SMILES string of the molecule is CC1(O)CCCCC1C1CCCN1CCNS(C)(=O)=O. The summed E-state index contributed by atoms with van der Waals surface area (Å²) in [6.45, 7) is 4.19. The van der Waals surface area contributed by atoms with Crippen LogP contribution in [0.5, 0.6) is 0 Å². The molecule has 2 aliphatic rings. The summed E-state index contributed by atoms with van der Waals surface area (Å²) in [5.74, 6) is 0.331. The molecule has 118 valence electrons. The van der Waals surface area contributed by atoms with Crippen molar-refractivity contribution >= 4 is 10.0 Å². The number of nitrogens with zero attached hydrogens (tertiary/aromatic N) is 1. The predicted molar refractivity (Wildman–Crippen MR) is 80.0 cm³/mol. The van der Waals surface area contributed by atoms with E-state index in [4.69, 9.17) is 0 Å². The van der Waals surface area contributed by atoms with E-state index in [1.54, 1.807) is 0 Å². The number of hydrogen-bond acceptors (Lipinski definition) is 4. The van der Waals surface area contributed by atoms with Crippen LogP contribution in [0.15, 0.2) is 0 Å². The molecule has 6 heteroatoms. The standard InChI is InChI=1S/C14H28N2O3S/c1-14(17)8-4-3-6-12(14)13-7-5-10-16(13)11-9-15-20(2,18)19/h12-13,15,17H,3-11H2,1-2H3. The topological polar surface area (TPSA) is 69.6 Å². The number of hydrogen-bond donors (Lipinski definition) is 2. The maximum atomic E-state index is 11.1. The second kappa shape index (κ2) is 6.30. The summed E-state index contributed by atoms with van der Waals surface area (Å²) in [6.07, 6.45) is 7.77. The van der Waals surface area contributed by atoms with E-state index in [0.717, 1.165) is 45.2 Å². The average molecular weight is 304 g/mol. The molecule has 0 spiro atoms. The van der Waals surface area contributed by atoms with E-state index < -0.39 is 15.6 Å². The van der Waals surface area contributed by atoms with Crippen LogP contribution in [0.1, 0.15) is 45.4 Å². The lowest BCUT2D eigenvalue weighted by molar-refractivity contribution is -0.0614. The quantitative estimate of drug-likeness (QED) is 0.793. The van der Waals surface area contributed by atoms with Crippen molar-refractivity contribution in [3.05, 3.63) is 0 Å². The molecule has 20 heavy (non-hydrogen) atoms. The lowest BCUT2D eigenvalue weighted by Gasteiger charge is -2.43. The Kier molecular flexibility index (Phi) is 5.10. The first kappa shape index (κ1) is 16.2. The summed E-state index contributed by atoms with van der Waals surface area (Å²) in [4.78, 5) is 2.36. The van der Waals surface area contributed by atoms with Crippen LogP contribution in [-0.2, 0) is 10.0 Å². The van der Waals surface area contributed by atoms with Gasteiger partial charge in [-0.1, -0.05) is 12.8 Å². The zero-order valence-corrected chi connectivity index (χ0v) is 13.5. The smallest absolute Gasteiger partial charge is 0.208 e. The first-order valence-corrected chi connectivity index (χ1v) is 9.60. The molecule has 0 amide bonds. The molecule has 3 atom stereocenters. The van der Waals surface area contributed by atoms with Gasteiger partial charge >= 0.3 is 0 Å². The molecule has 2 fully saturated rings. The summed E-state index contributed by atoms with van der Waals surface area (Å²) in [6, 6.07) is 0.409. The summed E-state index contributed by atoms with van der Waals surface area (Å²) in [7, 11) is -3.11. The van der Waals surface area contributed by atoms with Gasteiger partial charge in [-0.2, -0.15) is 0 Å². The van der Waals surface area contributed by atoms with Crippen LogP contribution in [0.3, 0.4) is 0 Å². The lowest BCUT2D eigenvalue weighted by Crippen LogP contribution is -2.50. The Morgan fingerprint density at radius 1 is 1.30 bits per heavy atom. The van der Waals surface area contributed by atoms with Crippen molar-refractivity contribution in [2.24, 2.45) is 5.92 Å². The highest BCUT2D eigenvalue weighted by atomic mass is 32.2. The summed E-state index contributed by atoms with van der Waals surface area (Å²) >= 11 is 0. The van der Waals surface area contributed by atoms with Gasteiger partial charge in [-0.15, -0.1) is 0 Å². The van der Waals surface area contributed by atoms with Crippen LogP contribution in [0.4, 0.5) is 0 Å². The van der Waals surface area contributed by atoms with Gasteiger partial charge in [0.1, 0.15) is 0 Å².